The number of hydrogen-bond donors (Lipinski definition) is 0. The van der Waals surface area contributed by atoms with E-state index in [0.29, 0.717) is 0 Å². The molecule has 1 aliphatic heterocycles. The van der Waals surface area contributed by atoms with Crippen LogP contribution in [-0.4, -0.2) is 34.2 Å². The number of rotatable bonds is 0. The Balaban J connectivity index is 3.70. The van der Waals surface area contributed by atoms with Crippen molar-refractivity contribution in [1.29, 1.82) is 0 Å². The molecule has 0 aromatic heterocycles. The predicted octanol–water partition coefficient (Wildman–Crippen LogP) is 4.46. The van der Waals surface area contributed by atoms with E-state index in [1.165, 1.54) is 0 Å². The van der Waals surface area contributed by atoms with Crippen LogP contribution in [0.1, 0.15) is 0 Å². The van der Waals surface area contributed by atoms with E-state index in [-0.39, 0.29) is 0 Å². The number of halogens is 12. The van der Waals surface area contributed by atoms with E-state index in [1.54, 1.807) is 0 Å². The van der Waals surface area contributed by atoms with Crippen LogP contribution in [0, 0.1) is 0 Å². The summed E-state index contributed by atoms with van der Waals surface area (Å²) in [4.78, 5) is 0. The van der Waals surface area contributed by atoms with Crippen LogP contribution in [0.3, 0.4) is 0 Å². The molecule has 1 saturated heterocycles. The predicted molar refractivity (Wildman–Crippen MR) is 37.3 cm³/mol. The Labute approximate surface area is 99.7 Å². The molecule has 0 aliphatic carbocycles. The number of hydrogen-bond acceptors (Lipinski definition) is 1. The first kappa shape index (κ1) is 16.6. The summed E-state index contributed by atoms with van der Waals surface area (Å²) in [6.07, 6.45) is 0. The Kier molecular flexibility index (Phi) is 3.12. The third-order valence-electron chi connectivity index (χ3n) is 2.17. The summed E-state index contributed by atoms with van der Waals surface area (Å²) in [5.74, 6) is -29.0. The van der Waals surface area contributed by atoms with E-state index in [9.17, 15) is 52.7 Å². The monoisotopic (exact) mass is 332 g/mol. The molecule has 0 bridgehead atoms. The summed E-state index contributed by atoms with van der Waals surface area (Å²) in [6.45, 7) is 0. The van der Waals surface area contributed by atoms with Gasteiger partial charge in [-0.1, -0.05) is 0 Å². The van der Waals surface area contributed by atoms with Crippen LogP contribution in [0.5, 0.6) is 0 Å². The van der Waals surface area contributed by atoms with Gasteiger partial charge in [-0.2, -0.15) is 52.7 Å². The molecule has 0 aromatic carbocycles. The third-order valence-corrected chi connectivity index (χ3v) is 3.20. The zero-order chi connectivity index (χ0) is 15.7. The molecular weight excluding hydrogens is 332 g/mol. The summed E-state index contributed by atoms with van der Waals surface area (Å²) >= 11 is -2.94. The van der Waals surface area contributed by atoms with Gasteiger partial charge in [-0.05, 0) is 11.8 Å². The Hall–Kier alpha value is -0.490. The van der Waals surface area contributed by atoms with Crippen LogP contribution in [0.2, 0.25) is 0 Å². The minimum Gasteiger partial charge on any atom is -0.192 e. The molecule has 0 amide bonds. The molecule has 0 atom stereocenters. The number of alkyl halides is 12. The smallest absolute Gasteiger partial charge is 0.192 e. The van der Waals surface area contributed by atoms with Crippen molar-refractivity contribution < 1.29 is 52.7 Å². The second-order valence-electron chi connectivity index (χ2n) is 3.43. The van der Waals surface area contributed by atoms with Crippen molar-refractivity contribution in [2.24, 2.45) is 0 Å². The maximum absolute atomic E-state index is 12.5. The van der Waals surface area contributed by atoms with Crippen molar-refractivity contribution in [3.05, 3.63) is 0 Å². The molecule has 0 N–H and O–H groups in total. The van der Waals surface area contributed by atoms with Crippen molar-refractivity contribution in [2.75, 3.05) is 0 Å². The lowest BCUT2D eigenvalue weighted by Gasteiger charge is -2.34. The Morgan fingerprint density at radius 1 is 0.368 bits per heavy atom. The molecule has 1 aliphatic rings. The molecule has 114 valence electrons. The van der Waals surface area contributed by atoms with Gasteiger partial charge in [0.25, 0.3) is 0 Å². The van der Waals surface area contributed by atoms with Crippen LogP contribution >= 0.6 is 11.8 Å². The van der Waals surface area contributed by atoms with Gasteiger partial charge >= 0.3 is 34.2 Å². The van der Waals surface area contributed by atoms with Crippen molar-refractivity contribution >= 4 is 11.8 Å². The molecule has 19 heavy (non-hydrogen) atoms. The maximum Gasteiger partial charge on any atom is 0.388 e. The van der Waals surface area contributed by atoms with Crippen LogP contribution in [0.25, 0.3) is 0 Å². The van der Waals surface area contributed by atoms with Gasteiger partial charge in [-0.3, -0.25) is 0 Å². The van der Waals surface area contributed by atoms with E-state index in [0.717, 1.165) is 0 Å². The zero-order valence-corrected chi connectivity index (χ0v) is 8.76. The molecule has 1 fully saturated rings. The highest BCUT2D eigenvalue weighted by molar-refractivity contribution is 8.01. The molecular formula is C6F12S. The average Bonchev–Trinajstić information content (AvgIpc) is 2.14. The van der Waals surface area contributed by atoms with Gasteiger partial charge in [0.05, 0.1) is 0 Å². The molecule has 0 radical (unpaired) electrons. The lowest BCUT2D eigenvalue weighted by atomic mass is 9.99. The fraction of sp³-hybridized carbons (Fsp3) is 1.00. The minimum atomic E-state index is -7.39. The molecule has 0 aromatic rings. The van der Waals surface area contributed by atoms with Gasteiger partial charge in [0, 0.05) is 0 Å². The summed E-state index contributed by atoms with van der Waals surface area (Å²) in [5.41, 5.74) is 0. The van der Waals surface area contributed by atoms with Crippen LogP contribution in [0.15, 0.2) is 0 Å². The first-order valence-electron chi connectivity index (χ1n) is 3.93. The van der Waals surface area contributed by atoms with E-state index in [4.69, 9.17) is 0 Å². The van der Waals surface area contributed by atoms with Crippen molar-refractivity contribution in [3.63, 3.8) is 0 Å². The molecule has 1 heterocycles. The highest BCUT2D eigenvalue weighted by atomic mass is 32.2. The highest BCUT2D eigenvalue weighted by Gasteiger charge is 2.94. The molecule has 0 spiro atoms. The quantitative estimate of drug-likeness (QED) is 0.590. The first-order chi connectivity index (χ1) is 7.96. The lowest BCUT2D eigenvalue weighted by molar-refractivity contribution is -0.397. The second-order valence-corrected chi connectivity index (χ2v) is 4.66. The van der Waals surface area contributed by atoms with E-state index >= 15 is 0 Å². The normalized spacial score (nSPS) is 33.5. The van der Waals surface area contributed by atoms with Crippen molar-refractivity contribution in [1.82, 2.24) is 0 Å². The Morgan fingerprint density at radius 2 is 0.579 bits per heavy atom. The summed E-state index contributed by atoms with van der Waals surface area (Å²) < 4.78 is 150. The molecule has 1 rings (SSSR count). The van der Waals surface area contributed by atoms with Gasteiger partial charge in [-0.25, -0.2) is 0 Å². The Bertz CT molecular complexity index is 348. The van der Waals surface area contributed by atoms with E-state index in [1.807, 2.05) is 0 Å². The SMILES string of the molecule is FC1(F)SC(F)(F)C(F)(F)C(F)(F)C(F)(F)C1(F)F. The van der Waals surface area contributed by atoms with Gasteiger partial charge in [-0.15, -0.1) is 0 Å². The highest BCUT2D eigenvalue weighted by Crippen LogP contribution is 2.69. The summed E-state index contributed by atoms with van der Waals surface area (Å²) in [7, 11) is 0. The molecule has 13 heteroatoms. The zero-order valence-electron chi connectivity index (χ0n) is 7.94. The van der Waals surface area contributed by atoms with Crippen LogP contribution in [0.4, 0.5) is 52.7 Å². The van der Waals surface area contributed by atoms with Crippen molar-refractivity contribution in [2.45, 2.75) is 34.2 Å². The van der Waals surface area contributed by atoms with E-state index in [2.05, 4.69) is 0 Å². The van der Waals surface area contributed by atoms with Gasteiger partial charge in [0.1, 0.15) is 0 Å². The minimum absolute atomic E-state index is 2.94. The van der Waals surface area contributed by atoms with Gasteiger partial charge in [0.2, 0.25) is 0 Å². The topological polar surface area (TPSA) is 0 Å². The summed E-state index contributed by atoms with van der Waals surface area (Å²) in [6, 6.07) is 0. The maximum atomic E-state index is 12.5. The van der Waals surface area contributed by atoms with Gasteiger partial charge in [0.15, 0.2) is 0 Å². The Morgan fingerprint density at radius 3 is 0.789 bits per heavy atom. The third kappa shape index (κ3) is 1.65. The average molecular weight is 332 g/mol. The van der Waals surface area contributed by atoms with Crippen LogP contribution in [-0.2, 0) is 0 Å². The van der Waals surface area contributed by atoms with Crippen LogP contribution < -0.4 is 0 Å². The number of thioether (sulfide) groups is 1. The fourth-order valence-electron chi connectivity index (χ4n) is 1.05. The van der Waals surface area contributed by atoms with E-state index < -0.39 is 46.0 Å². The molecule has 0 saturated carbocycles. The van der Waals surface area contributed by atoms with Gasteiger partial charge < -0.3 is 0 Å². The van der Waals surface area contributed by atoms with Crippen molar-refractivity contribution in [3.8, 4) is 0 Å². The summed E-state index contributed by atoms with van der Waals surface area (Å²) in [5, 5.41) is -13.1. The lowest BCUT2D eigenvalue weighted by Crippen LogP contribution is -2.66. The largest absolute Gasteiger partial charge is 0.388 e. The standard InChI is InChI=1S/C6F12S/c7-1(8)2(9,10)4(13,14)6(17,18)19-5(15,16)3(1,11)12. The first-order valence-corrected chi connectivity index (χ1v) is 4.74. The molecule has 0 nitrogen and oxygen atoms in total. The fourth-order valence-corrected chi connectivity index (χ4v) is 1.88. The second kappa shape index (κ2) is 3.58. The molecule has 0 unspecified atom stereocenters.